The minimum atomic E-state index is -2.12. The summed E-state index contributed by atoms with van der Waals surface area (Å²) in [7, 11) is -2.12. The molecular formula is C25H46O3Si. The molecule has 0 aromatic rings. The number of esters is 1. The Bertz CT molecular complexity index is 539. The van der Waals surface area contributed by atoms with Crippen molar-refractivity contribution in [2.24, 2.45) is 5.92 Å². The summed E-state index contributed by atoms with van der Waals surface area (Å²) in [5, 5.41) is 0. The van der Waals surface area contributed by atoms with Gasteiger partial charge >= 0.3 is 5.97 Å². The molecule has 1 aliphatic rings. The van der Waals surface area contributed by atoms with Crippen LogP contribution >= 0.6 is 0 Å². The van der Waals surface area contributed by atoms with E-state index in [1.165, 1.54) is 32.1 Å². The van der Waals surface area contributed by atoms with Crippen molar-refractivity contribution in [1.82, 2.24) is 0 Å². The van der Waals surface area contributed by atoms with E-state index in [2.05, 4.69) is 54.5 Å². The molecule has 1 aliphatic carbocycles. The van der Waals surface area contributed by atoms with E-state index in [0.29, 0.717) is 34.7 Å². The summed E-state index contributed by atoms with van der Waals surface area (Å²) in [6.45, 7) is 18.3. The predicted octanol–water partition coefficient (Wildman–Crippen LogP) is 7.93. The summed E-state index contributed by atoms with van der Waals surface area (Å²) in [6, 6.07) is 0. The summed E-state index contributed by atoms with van der Waals surface area (Å²) >= 11 is 0. The number of allylic oxidation sites excluding steroid dienone is 2. The summed E-state index contributed by atoms with van der Waals surface area (Å²) in [5.74, 6) is 1.22. The standard InChI is InChI=1S/C25H46O3Si/c1-9-11-12-13-15-22-16-14-17-23(25(26)27-10-2)24(18-22)28-29(19(3)4,20(5)6)21(7)8/h14,17,19-22H,9-13,15-16,18H2,1-8H3. The summed E-state index contributed by atoms with van der Waals surface area (Å²) in [6.07, 6.45) is 12.3. The molecule has 0 radical (unpaired) electrons. The third-order valence-corrected chi connectivity index (χ3v) is 12.5. The number of rotatable bonds is 12. The first kappa shape index (κ1) is 26.0. The first-order valence-electron chi connectivity index (χ1n) is 12.0. The molecular weight excluding hydrogens is 376 g/mol. The van der Waals surface area contributed by atoms with Gasteiger partial charge in [0, 0.05) is 6.42 Å². The van der Waals surface area contributed by atoms with Gasteiger partial charge in [0.25, 0.3) is 8.32 Å². The highest BCUT2D eigenvalue weighted by Crippen LogP contribution is 2.45. The fourth-order valence-corrected chi connectivity index (χ4v) is 10.4. The molecule has 0 fully saturated rings. The molecule has 0 saturated carbocycles. The van der Waals surface area contributed by atoms with E-state index in [0.717, 1.165) is 18.6 Å². The van der Waals surface area contributed by atoms with Crippen molar-refractivity contribution in [3.63, 3.8) is 0 Å². The number of hydrogen-bond donors (Lipinski definition) is 0. The Balaban J connectivity index is 3.24. The van der Waals surface area contributed by atoms with Gasteiger partial charge in [-0.25, -0.2) is 4.79 Å². The van der Waals surface area contributed by atoms with E-state index in [4.69, 9.17) is 9.16 Å². The number of carbonyl (C=O) groups excluding carboxylic acids is 1. The largest absolute Gasteiger partial charge is 0.545 e. The van der Waals surface area contributed by atoms with Crippen LogP contribution in [0.3, 0.4) is 0 Å². The van der Waals surface area contributed by atoms with Gasteiger partial charge in [-0.15, -0.1) is 0 Å². The third-order valence-electron chi connectivity index (χ3n) is 6.50. The zero-order valence-corrected chi connectivity index (χ0v) is 21.3. The van der Waals surface area contributed by atoms with Crippen LogP contribution in [0.4, 0.5) is 0 Å². The van der Waals surface area contributed by atoms with Crippen molar-refractivity contribution in [3.8, 4) is 0 Å². The molecule has 0 aromatic carbocycles. The topological polar surface area (TPSA) is 35.5 Å². The fraction of sp³-hybridized carbons (Fsp3) is 0.800. The lowest BCUT2D eigenvalue weighted by atomic mass is 9.94. The number of hydrogen-bond acceptors (Lipinski definition) is 3. The van der Waals surface area contributed by atoms with Crippen LogP contribution in [0.1, 0.15) is 100 Å². The number of ether oxygens (including phenoxy) is 1. The molecule has 0 bridgehead atoms. The van der Waals surface area contributed by atoms with Gasteiger partial charge < -0.3 is 9.16 Å². The van der Waals surface area contributed by atoms with Gasteiger partial charge in [0.2, 0.25) is 0 Å². The molecule has 0 heterocycles. The van der Waals surface area contributed by atoms with Crippen LogP contribution in [0.2, 0.25) is 16.6 Å². The van der Waals surface area contributed by atoms with Crippen LogP contribution in [0.25, 0.3) is 0 Å². The van der Waals surface area contributed by atoms with Crippen LogP contribution < -0.4 is 0 Å². The Morgan fingerprint density at radius 2 is 1.66 bits per heavy atom. The Hall–Kier alpha value is -1.03. The lowest BCUT2D eigenvalue weighted by molar-refractivity contribution is -0.138. The van der Waals surface area contributed by atoms with E-state index < -0.39 is 8.32 Å². The summed E-state index contributed by atoms with van der Waals surface area (Å²) < 4.78 is 12.4. The Morgan fingerprint density at radius 3 is 2.17 bits per heavy atom. The molecule has 0 aliphatic heterocycles. The molecule has 4 heteroatoms. The van der Waals surface area contributed by atoms with Gasteiger partial charge in [0.15, 0.2) is 0 Å². The zero-order chi connectivity index (χ0) is 22.0. The van der Waals surface area contributed by atoms with Crippen molar-refractivity contribution in [2.75, 3.05) is 6.61 Å². The Labute approximate surface area is 181 Å². The molecule has 1 atom stereocenters. The van der Waals surface area contributed by atoms with Gasteiger partial charge in [0.1, 0.15) is 0 Å². The lowest BCUT2D eigenvalue weighted by Crippen LogP contribution is -2.47. The van der Waals surface area contributed by atoms with Crippen molar-refractivity contribution in [3.05, 3.63) is 23.5 Å². The van der Waals surface area contributed by atoms with Crippen LogP contribution in [0, 0.1) is 5.92 Å². The van der Waals surface area contributed by atoms with Gasteiger partial charge in [-0.05, 0) is 48.4 Å². The van der Waals surface area contributed by atoms with Gasteiger partial charge in [-0.2, -0.15) is 0 Å². The number of unbranched alkanes of at least 4 members (excludes halogenated alkanes) is 3. The first-order chi connectivity index (χ1) is 13.7. The van der Waals surface area contributed by atoms with E-state index in [1.54, 1.807) is 0 Å². The van der Waals surface area contributed by atoms with Gasteiger partial charge in [0.05, 0.1) is 17.9 Å². The maximum absolute atomic E-state index is 12.8. The smallest absolute Gasteiger partial charge is 0.341 e. The van der Waals surface area contributed by atoms with Crippen LogP contribution in [0.15, 0.2) is 23.5 Å². The van der Waals surface area contributed by atoms with E-state index in [-0.39, 0.29) is 5.97 Å². The van der Waals surface area contributed by atoms with Crippen molar-refractivity contribution < 1.29 is 14.0 Å². The molecule has 3 nitrogen and oxygen atoms in total. The Morgan fingerprint density at radius 1 is 1.03 bits per heavy atom. The molecule has 0 N–H and O–H groups in total. The maximum Gasteiger partial charge on any atom is 0.341 e. The lowest BCUT2D eigenvalue weighted by Gasteiger charge is -2.43. The highest BCUT2D eigenvalue weighted by Gasteiger charge is 2.48. The molecule has 1 unspecified atom stereocenters. The van der Waals surface area contributed by atoms with Crippen LogP contribution in [0.5, 0.6) is 0 Å². The fourth-order valence-electron chi connectivity index (χ4n) is 5.06. The maximum atomic E-state index is 12.8. The average molecular weight is 423 g/mol. The van der Waals surface area contributed by atoms with Crippen molar-refractivity contribution in [1.29, 1.82) is 0 Å². The molecule has 0 spiro atoms. The van der Waals surface area contributed by atoms with E-state index in [1.807, 2.05) is 13.0 Å². The number of carbonyl (C=O) groups is 1. The molecule has 168 valence electrons. The molecule has 29 heavy (non-hydrogen) atoms. The minimum absolute atomic E-state index is 0.232. The predicted molar refractivity (Wildman–Crippen MR) is 126 cm³/mol. The van der Waals surface area contributed by atoms with Crippen molar-refractivity contribution in [2.45, 2.75) is 117 Å². The highest BCUT2D eigenvalue weighted by atomic mass is 28.4. The summed E-state index contributed by atoms with van der Waals surface area (Å²) in [5.41, 5.74) is 2.10. The van der Waals surface area contributed by atoms with E-state index >= 15 is 0 Å². The Kier molecular flexibility index (Phi) is 11.3. The quantitative estimate of drug-likeness (QED) is 0.182. The SMILES string of the molecule is CCCCCCC1CC=CC(C(=O)OCC)=C(O[Si](C(C)C)(C(C)C)C(C)C)C1. The minimum Gasteiger partial charge on any atom is -0.545 e. The summed E-state index contributed by atoms with van der Waals surface area (Å²) in [4.78, 5) is 12.8. The third kappa shape index (κ3) is 7.01. The normalized spacial score (nSPS) is 18.0. The monoisotopic (exact) mass is 422 g/mol. The second-order valence-electron chi connectivity index (χ2n) is 9.53. The molecule has 0 amide bonds. The first-order valence-corrected chi connectivity index (χ1v) is 14.1. The van der Waals surface area contributed by atoms with E-state index in [9.17, 15) is 4.79 Å². The van der Waals surface area contributed by atoms with Gasteiger partial charge in [-0.1, -0.05) is 80.2 Å². The molecule has 0 aromatic heterocycles. The van der Waals surface area contributed by atoms with Crippen LogP contribution in [-0.4, -0.2) is 20.9 Å². The zero-order valence-electron chi connectivity index (χ0n) is 20.3. The highest BCUT2D eigenvalue weighted by molar-refractivity contribution is 6.77. The second-order valence-corrected chi connectivity index (χ2v) is 14.9. The second kappa shape index (κ2) is 12.6. The van der Waals surface area contributed by atoms with Crippen LogP contribution in [-0.2, 0) is 14.0 Å². The van der Waals surface area contributed by atoms with Gasteiger partial charge in [-0.3, -0.25) is 0 Å². The molecule has 0 saturated heterocycles. The van der Waals surface area contributed by atoms with Crippen molar-refractivity contribution >= 4 is 14.3 Å². The molecule has 1 rings (SSSR count). The average Bonchev–Trinajstić information content (AvgIpc) is 2.84.